The van der Waals surface area contributed by atoms with Crippen LogP contribution in [0.1, 0.15) is 35.1 Å². The maximum Gasteiger partial charge on any atom is 0.239 e. The molecule has 0 N–H and O–H groups in total. The molecule has 0 saturated carbocycles. The number of imide groups is 1. The van der Waals surface area contributed by atoms with Crippen LogP contribution >= 0.6 is 11.6 Å². The number of rotatable bonds is 3. The van der Waals surface area contributed by atoms with Crippen LogP contribution < -0.4 is 9.64 Å². The van der Waals surface area contributed by atoms with Gasteiger partial charge >= 0.3 is 0 Å². The zero-order valence-electron chi connectivity index (χ0n) is 18.0. The summed E-state index contributed by atoms with van der Waals surface area (Å²) in [6.07, 6.45) is 0. The number of halogens is 1. The zero-order chi connectivity index (χ0) is 23.1. The average molecular weight is 458 g/mol. The molecule has 5 nitrogen and oxygen atoms in total. The molecule has 6 heteroatoms. The van der Waals surface area contributed by atoms with E-state index >= 15 is 0 Å². The van der Waals surface area contributed by atoms with Crippen molar-refractivity contribution < 1.29 is 19.1 Å². The zero-order valence-corrected chi connectivity index (χ0v) is 18.8. The molecule has 3 aromatic rings. The molecule has 33 heavy (non-hydrogen) atoms. The second-order valence-electron chi connectivity index (χ2n) is 8.85. The first-order valence-electron chi connectivity index (χ1n) is 10.8. The lowest BCUT2D eigenvalue weighted by Gasteiger charge is -2.52. The van der Waals surface area contributed by atoms with Gasteiger partial charge < -0.3 is 4.74 Å². The van der Waals surface area contributed by atoms with Gasteiger partial charge in [0, 0.05) is 10.9 Å². The average Bonchev–Trinajstić information content (AvgIpc) is 3.09. The lowest BCUT2D eigenvalue weighted by molar-refractivity contribution is -0.132. The predicted molar refractivity (Wildman–Crippen MR) is 124 cm³/mol. The van der Waals surface area contributed by atoms with Crippen molar-refractivity contribution in [1.82, 2.24) is 0 Å². The number of carbonyl (C=O) groups is 3. The number of carbonyl (C=O) groups excluding carboxylic acids is 3. The van der Waals surface area contributed by atoms with Crippen molar-refractivity contribution in [2.75, 3.05) is 12.0 Å². The molecule has 0 unspecified atom stereocenters. The smallest absolute Gasteiger partial charge is 0.239 e. The molecular weight excluding hydrogens is 438 g/mol. The van der Waals surface area contributed by atoms with Gasteiger partial charge in [-0.1, -0.05) is 60.1 Å². The van der Waals surface area contributed by atoms with Crippen LogP contribution in [0.5, 0.6) is 5.75 Å². The minimum atomic E-state index is -1.22. The second-order valence-corrected chi connectivity index (χ2v) is 9.28. The van der Waals surface area contributed by atoms with Crippen LogP contribution in [-0.2, 0) is 19.8 Å². The predicted octanol–water partition coefficient (Wildman–Crippen LogP) is 4.49. The van der Waals surface area contributed by atoms with Gasteiger partial charge in [-0.3, -0.25) is 14.4 Å². The van der Waals surface area contributed by atoms with E-state index in [0.29, 0.717) is 16.5 Å². The van der Waals surface area contributed by atoms with Crippen LogP contribution in [0.2, 0.25) is 5.02 Å². The number of Topliss-reactive ketones (excluding diaryl/α,β-unsaturated/α-hetero) is 1. The highest BCUT2D eigenvalue weighted by Crippen LogP contribution is 2.64. The van der Waals surface area contributed by atoms with Crippen LogP contribution in [0.4, 0.5) is 5.69 Å². The molecule has 7 rings (SSSR count). The first kappa shape index (κ1) is 20.2. The van der Waals surface area contributed by atoms with Crippen molar-refractivity contribution in [3.05, 3.63) is 94.0 Å². The Bertz CT molecular complexity index is 1330. The van der Waals surface area contributed by atoms with Crippen molar-refractivity contribution in [3.63, 3.8) is 0 Å². The van der Waals surface area contributed by atoms with Crippen LogP contribution in [-0.4, -0.2) is 24.7 Å². The second kappa shape index (κ2) is 6.78. The monoisotopic (exact) mass is 457 g/mol. The number of nitrogens with zero attached hydrogens (tertiary/aromatic N) is 1. The summed E-state index contributed by atoms with van der Waals surface area (Å²) < 4.78 is 5.46. The Morgan fingerprint density at radius 1 is 0.939 bits per heavy atom. The van der Waals surface area contributed by atoms with E-state index in [0.717, 1.165) is 22.3 Å². The molecular formula is C27H20ClNO4. The van der Waals surface area contributed by atoms with Crippen LogP contribution in [0.3, 0.4) is 0 Å². The fourth-order valence-electron chi connectivity index (χ4n) is 6.45. The van der Waals surface area contributed by atoms with Gasteiger partial charge in [0.2, 0.25) is 11.8 Å². The topological polar surface area (TPSA) is 63.7 Å². The highest BCUT2D eigenvalue weighted by atomic mass is 35.5. The van der Waals surface area contributed by atoms with Crippen molar-refractivity contribution >= 4 is 34.9 Å². The largest absolute Gasteiger partial charge is 0.495 e. The molecule has 1 fully saturated rings. The molecule has 0 aromatic heterocycles. The van der Waals surface area contributed by atoms with E-state index in [-0.39, 0.29) is 17.6 Å². The summed E-state index contributed by atoms with van der Waals surface area (Å²) in [5.74, 6) is -2.32. The number of benzene rings is 3. The molecule has 4 aliphatic rings. The van der Waals surface area contributed by atoms with Gasteiger partial charge in [-0.05, 0) is 47.4 Å². The highest BCUT2D eigenvalue weighted by Gasteiger charge is 2.70. The summed E-state index contributed by atoms with van der Waals surface area (Å²) in [4.78, 5) is 42.9. The summed E-state index contributed by atoms with van der Waals surface area (Å²) in [5.41, 5.74) is 2.61. The fourth-order valence-corrected chi connectivity index (χ4v) is 6.61. The SMILES string of the molecule is COc1ccc(Cl)cc1N1C(=O)[C@@H]2[C@@H](C1=O)C1c3ccccc3C2(C(C)=O)c2ccccc21. The van der Waals surface area contributed by atoms with Gasteiger partial charge in [0.1, 0.15) is 11.5 Å². The Morgan fingerprint density at radius 3 is 2.12 bits per heavy atom. The molecule has 3 aliphatic carbocycles. The number of amides is 2. The van der Waals surface area contributed by atoms with Crippen molar-refractivity contribution in [2.24, 2.45) is 11.8 Å². The van der Waals surface area contributed by atoms with Gasteiger partial charge in [0.15, 0.2) is 0 Å². The fraction of sp³-hybridized carbons (Fsp3) is 0.222. The molecule has 2 amide bonds. The third-order valence-electron chi connectivity index (χ3n) is 7.56. The van der Waals surface area contributed by atoms with E-state index in [1.54, 1.807) is 18.2 Å². The minimum Gasteiger partial charge on any atom is -0.495 e. The highest BCUT2D eigenvalue weighted by molar-refractivity contribution is 6.32. The maximum atomic E-state index is 14.1. The minimum absolute atomic E-state index is 0.142. The summed E-state index contributed by atoms with van der Waals surface area (Å²) in [6.45, 7) is 1.52. The van der Waals surface area contributed by atoms with Gasteiger partial charge in [-0.2, -0.15) is 0 Å². The number of methoxy groups -OCH3 is 1. The van der Waals surface area contributed by atoms with Gasteiger partial charge in [-0.25, -0.2) is 4.90 Å². The Labute approximate surface area is 195 Å². The third-order valence-corrected chi connectivity index (χ3v) is 7.79. The number of ether oxygens (including phenoxy) is 1. The number of ketones is 1. The van der Waals surface area contributed by atoms with Crippen LogP contribution in [0.25, 0.3) is 0 Å². The molecule has 164 valence electrons. The van der Waals surface area contributed by atoms with E-state index in [2.05, 4.69) is 0 Å². The normalized spacial score (nSPS) is 26.6. The third kappa shape index (κ3) is 2.30. The number of anilines is 1. The molecule has 2 bridgehead atoms. The Kier molecular flexibility index (Phi) is 4.15. The summed E-state index contributed by atoms with van der Waals surface area (Å²) in [7, 11) is 1.48. The number of hydrogen-bond acceptors (Lipinski definition) is 4. The van der Waals surface area contributed by atoms with E-state index in [4.69, 9.17) is 16.3 Å². The van der Waals surface area contributed by atoms with Crippen molar-refractivity contribution in [3.8, 4) is 5.75 Å². The molecule has 3 aromatic carbocycles. The van der Waals surface area contributed by atoms with Gasteiger partial charge in [-0.15, -0.1) is 0 Å². The Hall–Kier alpha value is -3.44. The quantitative estimate of drug-likeness (QED) is 0.544. The van der Waals surface area contributed by atoms with Gasteiger partial charge in [0.05, 0.1) is 30.0 Å². The van der Waals surface area contributed by atoms with Gasteiger partial charge in [0.25, 0.3) is 0 Å². The van der Waals surface area contributed by atoms with E-state index in [1.807, 2.05) is 48.5 Å². The Balaban J connectivity index is 1.67. The van der Waals surface area contributed by atoms with Crippen molar-refractivity contribution in [2.45, 2.75) is 18.3 Å². The Morgan fingerprint density at radius 2 is 1.55 bits per heavy atom. The first-order chi connectivity index (χ1) is 15.9. The molecule has 0 spiro atoms. The lowest BCUT2D eigenvalue weighted by atomic mass is 9.46. The lowest BCUT2D eigenvalue weighted by Crippen LogP contribution is -2.57. The summed E-state index contributed by atoms with van der Waals surface area (Å²) in [5, 5.41) is 0.386. The first-order valence-corrected chi connectivity index (χ1v) is 11.2. The van der Waals surface area contributed by atoms with E-state index < -0.39 is 23.2 Å². The summed E-state index contributed by atoms with van der Waals surface area (Å²) >= 11 is 6.24. The van der Waals surface area contributed by atoms with Crippen LogP contribution in [0.15, 0.2) is 66.7 Å². The van der Waals surface area contributed by atoms with Crippen molar-refractivity contribution in [1.29, 1.82) is 0 Å². The van der Waals surface area contributed by atoms with Crippen LogP contribution in [0, 0.1) is 11.8 Å². The van der Waals surface area contributed by atoms with E-state index in [9.17, 15) is 14.4 Å². The molecule has 0 radical (unpaired) electrons. The maximum absolute atomic E-state index is 14.1. The summed E-state index contributed by atoms with van der Waals surface area (Å²) in [6, 6.07) is 20.3. The standard InChI is InChI=1S/C27H20ClNO4/c1-14(30)27-18-9-5-3-7-16(18)22(17-8-4-6-10-19(17)27)23-24(27)26(32)29(25(23)31)20-13-15(28)11-12-21(20)33-2/h3-13,22-24H,1-2H3/t22?,23-,24-,27?/m0/s1. The van der Waals surface area contributed by atoms with E-state index in [1.165, 1.54) is 18.9 Å². The molecule has 1 aliphatic heterocycles. The molecule has 2 atom stereocenters. The number of hydrogen-bond donors (Lipinski definition) is 0. The molecule has 1 heterocycles. The molecule has 1 saturated heterocycles.